The fraction of sp³-hybridized carbons (Fsp3) is 1.00. The maximum Gasteiger partial charge on any atom is 0.502 e. The third-order valence-electron chi connectivity index (χ3n) is 1.87. The Morgan fingerprint density at radius 1 is 1.00 bits per heavy atom. The molecule has 0 amide bonds. The summed E-state index contributed by atoms with van der Waals surface area (Å²) in [5.74, 6) is 0. The largest absolute Gasteiger partial charge is 0.502 e. The fourth-order valence-corrected chi connectivity index (χ4v) is 2.81. The topological polar surface area (TPSA) is 36.9 Å². The maximum absolute atomic E-state index is 5.22. The fourth-order valence-electron chi connectivity index (χ4n) is 0.935. The van der Waals surface area contributed by atoms with Gasteiger partial charge in [-0.05, 0) is 6.92 Å². The lowest BCUT2D eigenvalue weighted by Crippen LogP contribution is -2.45. The van der Waals surface area contributed by atoms with E-state index in [0.29, 0.717) is 6.04 Å². The van der Waals surface area contributed by atoms with Crippen molar-refractivity contribution in [2.24, 2.45) is 0 Å². The molecule has 0 aromatic rings. The van der Waals surface area contributed by atoms with Crippen LogP contribution in [-0.2, 0) is 18.0 Å². The Bertz CT molecular complexity index is 108. The number of hydrogen-bond acceptors (Lipinski definition) is 4. The van der Waals surface area contributed by atoms with E-state index in [0.717, 1.165) is 0 Å². The third kappa shape index (κ3) is 3.20. The third-order valence-corrected chi connectivity index (χ3v) is 4.81. The van der Waals surface area contributed by atoms with Crippen LogP contribution in [0.25, 0.3) is 0 Å². The second kappa shape index (κ2) is 5.66. The quantitative estimate of drug-likeness (QED) is 0.589. The van der Waals surface area contributed by atoms with Crippen molar-refractivity contribution in [3.05, 3.63) is 0 Å². The van der Waals surface area contributed by atoms with Gasteiger partial charge >= 0.3 is 8.80 Å². The average molecular weight is 194 g/mol. The van der Waals surface area contributed by atoms with Crippen molar-refractivity contribution in [3.63, 3.8) is 0 Å². The Balaban J connectivity index is 4.09. The van der Waals surface area contributed by atoms with Crippen LogP contribution in [0.3, 0.4) is 0 Å². The Hall–Kier alpha value is 0.0569. The molecule has 4 nitrogen and oxygen atoms in total. The molecule has 12 heavy (non-hydrogen) atoms. The van der Waals surface area contributed by atoms with Crippen LogP contribution >= 0.6 is 0 Å². The van der Waals surface area contributed by atoms with Crippen LogP contribution in [0.5, 0.6) is 0 Å². The van der Waals surface area contributed by atoms with Crippen LogP contribution in [0.4, 0.5) is 0 Å². The molecule has 1 unspecified atom stereocenters. The van der Waals surface area contributed by atoms with E-state index in [-0.39, 0.29) is 6.10 Å². The normalized spacial score (nSPS) is 14.8. The van der Waals surface area contributed by atoms with Gasteiger partial charge in [0.25, 0.3) is 0 Å². The van der Waals surface area contributed by atoms with Gasteiger partial charge in [0.2, 0.25) is 0 Å². The first-order valence-electron chi connectivity index (χ1n) is 3.82. The second-order valence-electron chi connectivity index (χ2n) is 2.55. The highest BCUT2D eigenvalue weighted by atomic mass is 28.4. The first-order valence-corrected chi connectivity index (χ1v) is 5.75. The summed E-state index contributed by atoms with van der Waals surface area (Å²) in [5, 5.41) is 0. The molecule has 0 spiro atoms. The summed E-state index contributed by atoms with van der Waals surface area (Å²) < 4.78 is 20.8. The van der Waals surface area contributed by atoms with Crippen molar-refractivity contribution in [1.82, 2.24) is 0 Å². The summed E-state index contributed by atoms with van der Waals surface area (Å²) in [6.07, 6.45) is 0.0940. The monoisotopic (exact) mass is 194 g/mol. The summed E-state index contributed by atoms with van der Waals surface area (Å²) in [6, 6.07) is 0.674. The van der Waals surface area contributed by atoms with E-state index in [1.54, 1.807) is 28.4 Å². The minimum Gasteiger partial charge on any atom is -0.382 e. The molecule has 5 heteroatoms. The van der Waals surface area contributed by atoms with Crippen molar-refractivity contribution in [3.8, 4) is 0 Å². The number of hydrogen-bond donors (Lipinski definition) is 0. The highest BCUT2D eigenvalue weighted by Gasteiger charge is 2.39. The van der Waals surface area contributed by atoms with E-state index in [1.807, 2.05) is 6.92 Å². The predicted molar refractivity (Wildman–Crippen MR) is 48.1 cm³/mol. The molecule has 0 aliphatic heterocycles. The molecule has 1 atom stereocenters. The number of ether oxygens (including phenoxy) is 1. The summed E-state index contributed by atoms with van der Waals surface area (Å²) in [6.45, 7) is 1.96. The zero-order valence-electron chi connectivity index (χ0n) is 8.42. The van der Waals surface area contributed by atoms with E-state index in [2.05, 4.69) is 0 Å². The van der Waals surface area contributed by atoms with Gasteiger partial charge in [-0.3, -0.25) is 0 Å². The first kappa shape index (κ1) is 12.1. The lowest BCUT2D eigenvalue weighted by molar-refractivity contribution is 0.0811. The van der Waals surface area contributed by atoms with Crippen molar-refractivity contribution in [2.75, 3.05) is 28.4 Å². The first-order chi connectivity index (χ1) is 5.64. The van der Waals surface area contributed by atoms with Crippen LogP contribution in [0, 0.1) is 0 Å². The molecule has 74 valence electrons. The molecule has 0 fully saturated rings. The molecular weight excluding hydrogens is 176 g/mol. The Morgan fingerprint density at radius 3 is 1.67 bits per heavy atom. The molecule has 0 rings (SSSR count). The Morgan fingerprint density at radius 2 is 1.42 bits per heavy atom. The van der Waals surface area contributed by atoms with Crippen molar-refractivity contribution in [1.29, 1.82) is 0 Å². The number of rotatable bonds is 6. The van der Waals surface area contributed by atoms with Crippen LogP contribution in [0.1, 0.15) is 6.92 Å². The van der Waals surface area contributed by atoms with E-state index in [1.165, 1.54) is 0 Å². The predicted octanol–water partition coefficient (Wildman–Crippen LogP) is 0.899. The molecule has 0 bridgehead atoms. The van der Waals surface area contributed by atoms with Gasteiger partial charge < -0.3 is 18.0 Å². The minimum absolute atomic E-state index is 0.0940. The molecule has 0 saturated carbocycles. The van der Waals surface area contributed by atoms with Crippen molar-refractivity contribution in [2.45, 2.75) is 19.1 Å². The van der Waals surface area contributed by atoms with Gasteiger partial charge in [-0.2, -0.15) is 0 Å². The van der Waals surface area contributed by atoms with Gasteiger partial charge in [-0.25, -0.2) is 0 Å². The maximum atomic E-state index is 5.22. The summed E-state index contributed by atoms with van der Waals surface area (Å²) in [5.41, 5.74) is 0. The highest BCUT2D eigenvalue weighted by molar-refractivity contribution is 6.60. The molecule has 0 radical (unpaired) electrons. The highest BCUT2D eigenvalue weighted by Crippen LogP contribution is 2.16. The minimum atomic E-state index is -2.43. The molecule has 0 aliphatic carbocycles. The molecule has 0 N–H and O–H groups in total. The van der Waals surface area contributed by atoms with Gasteiger partial charge in [0.1, 0.15) is 0 Å². The molecule has 0 saturated heterocycles. The van der Waals surface area contributed by atoms with E-state index >= 15 is 0 Å². The van der Waals surface area contributed by atoms with E-state index in [4.69, 9.17) is 18.0 Å². The van der Waals surface area contributed by atoms with E-state index in [9.17, 15) is 0 Å². The van der Waals surface area contributed by atoms with Gasteiger partial charge in [0.15, 0.2) is 0 Å². The molecule has 0 aliphatic rings. The smallest absolute Gasteiger partial charge is 0.382 e. The van der Waals surface area contributed by atoms with Crippen LogP contribution in [-0.4, -0.2) is 43.3 Å². The molecule has 0 aromatic carbocycles. The van der Waals surface area contributed by atoms with Crippen LogP contribution in [0.2, 0.25) is 6.04 Å². The SMILES string of the molecule is COC(C)C[Si](OC)(OC)OC. The molecular formula is C7H18O4Si. The van der Waals surface area contributed by atoms with Gasteiger partial charge in [0.05, 0.1) is 6.10 Å². The summed E-state index contributed by atoms with van der Waals surface area (Å²) >= 11 is 0. The van der Waals surface area contributed by atoms with Crippen LogP contribution in [0.15, 0.2) is 0 Å². The zero-order chi connectivity index (χ0) is 9.61. The van der Waals surface area contributed by atoms with Gasteiger partial charge in [-0.1, -0.05) is 0 Å². The van der Waals surface area contributed by atoms with Crippen LogP contribution < -0.4 is 0 Å². The lowest BCUT2D eigenvalue weighted by Gasteiger charge is -2.26. The average Bonchev–Trinajstić information content (AvgIpc) is 2.14. The van der Waals surface area contributed by atoms with Gasteiger partial charge in [0, 0.05) is 34.5 Å². The summed E-state index contributed by atoms with van der Waals surface area (Å²) in [4.78, 5) is 0. The Kier molecular flexibility index (Phi) is 5.69. The second-order valence-corrected chi connectivity index (χ2v) is 5.54. The molecule has 0 aromatic heterocycles. The molecule has 0 heterocycles. The number of methoxy groups -OCH3 is 1. The summed E-state index contributed by atoms with van der Waals surface area (Å²) in [7, 11) is 4.03. The van der Waals surface area contributed by atoms with Crippen molar-refractivity contribution < 1.29 is 18.0 Å². The van der Waals surface area contributed by atoms with E-state index < -0.39 is 8.80 Å². The lowest BCUT2D eigenvalue weighted by atomic mass is 10.5. The zero-order valence-corrected chi connectivity index (χ0v) is 9.42. The Labute approximate surface area is 75.1 Å². The van der Waals surface area contributed by atoms with Crippen molar-refractivity contribution >= 4 is 8.80 Å². The van der Waals surface area contributed by atoms with Gasteiger partial charge in [-0.15, -0.1) is 0 Å². The standard InChI is InChI=1S/C7H18O4Si/c1-7(8-2)6-12(9-3,10-4)11-5/h7H,6H2,1-5H3.